The minimum Gasteiger partial charge on any atom is -0.453 e. The third-order valence-electron chi connectivity index (χ3n) is 3.86. The fourth-order valence-electron chi connectivity index (χ4n) is 2.79. The van der Waals surface area contributed by atoms with Gasteiger partial charge in [0.05, 0.1) is 11.4 Å². The smallest absolute Gasteiger partial charge is 0.453 e. The summed E-state index contributed by atoms with van der Waals surface area (Å²) in [6, 6.07) is 22.9. The molecule has 0 spiro atoms. The van der Waals surface area contributed by atoms with Gasteiger partial charge in [-0.15, -0.1) is 0 Å². The number of hydrogen-bond donors (Lipinski definition) is 2. The van der Waals surface area contributed by atoms with Crippen LogP contribution in [0.4, 0.5) is 17.1 Å². The van der Waals surface area contributed by atoms with E-state index in [1.807, 2.05) is 54.6 Å². The molecule has 112 valence electrons. The van der Waals surface area contributed by atoms with E-state index < -0.39 is 7.12 Å². The standard InChI is InChI=1S/C18H14BNO3/c21-19(22)13-10-11-18-16(12-13)20(14-6-2-1-3-7-14)15-8-4-5-9-17(15)23-18/h1-12,21-22H. The minimum atomic E-state index is -1.52. The van der Waals surface area contributed by atoms with Crippen molar-refractivity contribution >= 4 is 29.6 Å². The molecule has 0 bridgehead atoms. The number of hydrogen-bond acceptors (Lipinski definition) is 4. The average molecular weight is 303 g/mol. The Bertz CT molecular complexity index is 852. The van der Waals surface area contributed by atoms with Crippen molar-refractivity contribution in [3.63, 3.8) is 0 Å². The Balaban J connectivity index is 1.95. The van der Waals surface area contributed by atoms with Crippen LogP contribution in [0.15, 0.2) is 72.8 Å². The Morgan fingerprint density at radius 2 is 1.43 bits per heavy atom. The molecule has 3 aromatic rings. The van der Waals surface area contributed by atoms with Gasteiger partial charge in [-0.1, -0.05) is 36.4 Å². The first-order valence-corrected chi connectivity index (χ1v) is 7.36. The molecule has 3 aromatic carbocycles. The Labute approximate surface area is 134 Å². The van der Waals surface area contributed by atoms with Gasteiger partial charge >= 0.3 is 7.12 Å². The van der Waals surface area contributed by atoms with Gasteiger partial charge in [-0.05, 0) is 41.9 Å². The number of benzene rings is 3. The molecule has 0 saturated heterocycles. The molecule has 1 aliphatic rings. The number of nitrogens with zero attached hydrogens (tertiary/aromatic N) is 1. The van der Waals surface area contributed by atoms with Gasteiger partial charge < -0.3 is 19.7 Å². The summed E-state index contributed by atoms with van der Waals surface area (Å²) in [5, 5.41) is 18.9. The van der Waals surface area contributed by atoms with Crippen LogP contribution >= 0.6 is 0 Å². The molecular formula is C18H14BNO3. The van der Waals surface area contributed by atoms with E-state index >= 15 is 0 Å². The van der Waals surface area contributed by atoms with Crippen molar-refractivity contribution < 1.29 is 14.8 Å². The Hall–Kier alpha value is -2.76. The highest BCUT2D eigenvalue weighted by Gasteiger charge is 2.27. The summed E-state index contributed by atoms with van der Waals surface area (Å²) in [6.45, 7) is 0. The highest BCUT2D eigenvalue weighted by atomic mass is 16.5. The summed E-state index contributed by atoms with van der Waals surface area (Å²) in [7, 11) is -1.52. The quantitative estimate of drug-likeness (QED) is 0.559. The van der Waals surface area contributed by atoms with Crippen molar-refractivity contribution in [1.82, 2.24) is 0 Å². The van der Waals surface area contributed by atoms with E-state index in [0.29, 0.717) is 11.2 Å². The van der Waals surface area contributed by atoms with Crippen LogP contribution in [0.25, 0.3) is 0 Å². The van der Waals surface area contributed by atoms with E-state index in [4.69, 9.17) is 4.74 Å². The summed E-state index contributed by atoms with van der Waals surface area (Å²) >= 11 is 0. The maximum atomic E-state index is 9.47. The summed E-state index contributed by atoms with van der Waals surface area (Å²) in [6.07, 6.45) is 0. The van der Waals surface area contributed by atoms with Gasteiger partial charge in [-0.2, -0.15) is 0 Å². The molecule has 0 saturated carbocycles. The SMILES string of the molecule is OB(O)c1ccc2c(c1)N(c1ccccc1)c1ccccc1O2. The monoisotopic (exact) mass is 303 g/mol. The fraction of sp³-hybridized carbons (Fsp3) is 0. The molecule has 0 aliphatic carbocycles. The van der Waals surface area contributed by atoms with Crippen molar-refractivity contribution in [1.29, 1.82) is 0 Å². The lowest BCUT2D eigenvalue weighted by molar-refractivity contribution is 0.425. The Morgan fingerprint density at radius 1 is 0.739 bits per heavy atom. The highest BCUT2D eigenvalue weighted by Crippen LogP contribution is 2.49. The second-order valence-corrected chi connectivity index (χ2v) is 5.34. The molecule has 5 heteroatoms. The molecular weight excluding hydrogens is 289 g/mol. The largest absolute Gasteiger partial charge is 0.488 e. The number of anilines is 3. The van der Waals surface area contributed by atoms with E-state index in [1.54, 1.807) is 18.2 Å². The van der Waals surface area contributed by atoms with Gasteiger partial charge in [-0.3, -0.25) is 0 Å². The maximum Gasteiger partial charge on any atom is 0.488 e. The van der Waals surface area contributed by atoms with Crippen molar-refractivity contribution in [2.45, 2.75) is 0 Å². The van der Waals surface area contributed by atoms with Crippen molar-refractivity contribution in [2.75, 3.05) is 4.90 Å². The molecule has 1 aliphatic heterocycles. The lowest BCUT2D eigenvalue weighted by Crippen LogP contribution is -2.30. The Kier molecular flexibility index (Phi) is 3.30. The molecule has 2 N–H and O–H groups in total. The topological polar surface area (TPSA) is 52.9 Å². The zero-order valence-corrected chi connectivity index (χ0v) is 12.3. The van der Waals surface area contributed by atoms with Crippen LogP contribution < -0.4 is 15.1 Å². The van der Waals surface area contributed by atoms with Gasteiger partial charge in [0.15, 0.2) is 11.5 Å². The van der Waals surface area contributed by atoms with E-state index in [0.717, 1.165) is 22.8 Å². The number of ether oxygens (including phenoxy) is 1. The van der Waals surface area contributed by atoms with Crippen LogP contribution in [0.1, 0.15) is 0 Å². The molecule has 0 atom stereocenters. The molecule has 0 amide bonds. The minimum absolute atomic E-state index is 0.424. The predicted molar refractivity (Wildman–Crippen MR) is 91.0 cm³/mol. The first-order chi connectivity index (χ1) is 11.2. The zero-order chi connectivity index (χ0) is 15.8. The first kappa shape index (κ1) is 13.9. The van der Waals surface area contributed by atoms with Crippen molar-refractivity contribution in [3.8, 4) is 11.5 Å². The van der Waals surface area contributed by atoms with Crippen LogP contribution in [-0.4, -0.2) is 17.2 Å². The molecule has 1 heterocycles. The lowest BCUT2D eigenvalue weighted by Gasteiger charge is -2.33. The predicted octanol–water partition coefficient (Wildman–Crippen LogP) is 2.94. The number of rotatable bonds is 2. The van der Waals surface area contributed by atoms with E-state index in [1.165, 1.54) is 0 Å². The van der Waals surface area contributed by atoms with Gasteiger partial charge in [-0.25, -0.2) is 0 Å². The third-order valence-corrected chi connectivity index (χ3v) is 3.86. The van der Waals surface area contributed by atoms with Crippen LogP contribution in [0.2, 0.25) is 0 Å². The summed E-state index contributed by atoms with van der Waals surface area (Å²) < 4.78 is 5.96. The van der Waals surface area contributed by atoms with Crippen LogP contribution in [0, 0.1) is 0 Å². The molecule has 4 rings (SSSR count). The summed E-state index contributed by atoms with van der Waals surface area (Å²) in [5.74, 6) is 1.44. The van der Waals surface area contributed by atoms with Gasteiger partial charge in [0.2, 0.25) is 0 Å². The summed E-state index contributed by atoms with van der Waals surface area (Å²) in [5.41, 5.74) is 3.10. The van der Waals surface area contributed by atoms with Crippen molar-refractivity contribution in [3.05, 3.63) is 72.8 Å². The average Bonchev–Trinajstić information content (AvgIpc) is 2.59. The van der Waals surface area contributed by atoms with E-state index in [9.17, 15) is 10.0 Å². The second kappa shape index (κ2) is 5.46. The molecule has 23 heavy (non-hydrogen) atoms. The summed E-state index contributed by atoms with van der Waals surface area (Å²) in [4.78, 5) is 2.06. The first-order valence-electron chi connectivity index (χ1n) is 7.36. The third kappa shape index (κ3) is 2.36. The van der Waals surface area contributed by atoms with E-state index in [-0.39, 0.29) is 0 Å². The number of para-hydroxylation sites is 3. The number of fused-ring (bicyclic) bond motifs is 2. The van der Waals surface area contributed by atoms with Gasteiger partial charge in [0, 0.05) is 5.69 Å². The van der Waals surface area contributed by atoms with Crippen LogP contribution in [0.3, 0.4) is 0 Å². The van der Waals surface area contributed by atoms with Crippen molar-refractivity contribution in [2.24, 2.45) is 0 Å². The molecule has 4 nitrogen and oxygen atoms in total. The Morgan fingerprint density at radius 3 is 2.22 bits per heavy atom. The van der Waals surface area contributed by atoms with Crippen LogP contribution in [-0.2, 0) is 0 Å². The zero-order valence-electron chi connectivity index (χ0n) is 12.3. The second-order valence-electron chi connectivity index (χ2n) is 5.34. The van der Waals surface area contributed by atoms with E-state index in [2.05, 4.69) is 4.90 Å². The molecule has 0 aromatic heterocycles. The van der Waals surface area contributed by atoms with Crippen LogP contribution in [0.5, 0.6) is 11.5 Å². The lowest BCUT2D eigenvalue weighted by atomic mass is 9.80. The molecule has 0 unspecified atom stereocenters. The highest BCUT2D eigenvalue weighted by molar-refractivity contribution is 6.58. The molecule has 0 radical (unpaired) electrons. The fourth-order valence-corrected chi connectivity index (χ4v) is 2.79. The maximum absolute atomic E-state index is 9.47. The van der Waals surface area contributed by atoms with Gasteiger partial charge in [0.1, 0.15) is 0 Å². The normalized spacial score (nSPS) is 12.2. The molecule has 0 fully saturated rings. The van der Waals surface area contributed by atoms with Gasteiger partial charge in [0.25, 0.3) is 0 Å².